The van der Waals surface area contributed by atoms with Crippen LogP contribution in [-0.2, 0) is 0 Å². The van der Waals surface area contributed by atoms with Crippen LogP contribution in [0.4, 0.5) is 4.79 Å². The largest absolute Gasteiger partial charge is 0.395 e. The van der Waals surface area contributed by atoms with E-state index in [2.05, 4.69) is 10.6 Å². The normalized spacial score (nSPS) is 9.00. The molecule has 0 unspecified atom stereocenters. The molecule has 0 aliphatic carbocycles. The van der Waals surface area contributed by atoms with Gasteiger partial charge in [0.25, 0.3) is 0 Å². The van der Waals surface area contributed by atoms with E-state index in [9.17, 15) is 14.9 Å². The highest BCUT2D eigenvalue weighted by atomic mass is 16.7. The number of carbonyl (C=O) groups excluding carboxylic acids is 1. The molecule has 0 bridgehead atoms. The van der Waals surface area contributed by atoms with E-state index in [1.165, 1.54) is 0 Å². The van der Waals surface area contributed by atoms with Gasteiger partial charge in [-0.1, -0.05) is 0 Å². The molecule has 0 fully saturated rings. The Bertz CT molecular complexity index is 174. The highest BCUT2D eigenvalue weighted by molar-refractivity contribution is 5.73. The summed E-state index contributed by atoms with van der Waals surface area (Å²) in [5.41, 5.74) is 1.89. The third-order valence-electron chi connectivity index (χ3n) is 1.05. The topological polar surface area (TPSA) is 117 Å². The Hall–Kier alpha value is -1.57. The summed E-state index contributed by atoms with van der Waals surface area (Å²) in [5, 5.41) is 22.0. The first-order valence-electron chi connectivity index (χ1n) is 3.67. The number of hydrazine groups is 1. The highest BCUT2D eigenvalue weighted by Gasteiger charge is 1.98. The number of aliphatic hydroxyl groups is 1. The first-order chi connectivity index (χ1) is 6.16. The van der Waals surface area contributed by atoms with Gasteiger partial charge in [0.15, 0.2) is 5.03 Å². The maximum atomic E-state index is 10.7. The van der Waals surface area contributed by atoms with Crippen LogP contribution in [-0.4, -0.2) is 42.4 Å². The summed E-state index contributed by atoms with van der Waals surface area (Å²) < 4.78 is 0. The van der Waals surface area contributed by atoms with E-state index in [-0.39, 0.29) is 26.2 Å². The molecule has 0 saturated heterocycles. The molecule has 0 aliphatic heterocycles. The van der Waals surface area contributed by atoms with Crippen LogP contribution in [0.2, 0.25) is 0 Å². The monoisotopic (exact) mass is 192 g/mol. The predicted molar refractivity (Wildman–Crippen MR) is 43.5 cm³/mol. The Morgan fingerprint density at radius 1 is 1.31 bits per heavy atom. The summed E-state index contributed by atoms with van der Waals surface area (Å²) >= 11 is 0. The molecule has 0 spiro atoms. The first-order valence-corrected chi connectivity index (χ1v) is 3.67. The van der Waals surface area contributed by atoms with Gasteiger partial charge in [-0.25, -0.2) is 14.9 Å². The van der Waals surface area contributed by atoms with Crippen molar-refractivity contribution in [2.45, 2.75) is 0 Å². The molecule has 8 nitrogen and oxygen atoms in total. The maximum absolute atomic E-state index is 10.7. The molecule has 0 aromatic rings. The van der Waals surface area contributed by atoms with Crippen LogP contribution in [0.5, 0.6) is 0 Å². The zero-order valence-corrected chi connectivity index (χ0v) is 6.95. The molecule has 0 radical (unpaired) electrons. The Morgan fingerprint density at radius 3 is 2.46 bits per heavy atom. The van der Waals surface area contributed by atoms with Gasteiger partial charge in [-0.15, -0.1) is 5.43 Å². The van der Waals surface area contributed by atoms with Gasteiger partial charge in [-0.3, -0.25) is 0 Å². The summed E-state index contributed by atoms with van der Waals surface area (Å²) in [5.74, 6) is 0. The molecule has 0 saturated carbocycles. The van der Waals surface area contributed by atoms with Crippen LogP contribution in [0.15, 0.2) is 0 Å². The number of rotatable bonds is 6. The molecule has 0 aromatic carbocycles. The Morgan fingerprint density at radius 2 is 1.92 bits per heavy atom. The number of nitrogens with one attached hydrogen (secondary N) is 3. The van der Waals surface area contributed by atoms with E-state index in [0.29, 0.717) is 0 Å². The first kappa shape index (κ1) is 11.4. The lowest BCUT2D eigenvalue weighted by Crippen LogP contribution is -2.41. The molecule has 4 N–H and O–H groups in total. The Kier molecular flexibility index (Phi) is 6.24. The minimum absolute atomic E-state index is 0.0551. The summed E-state index contributed by atoms with van der Waals surface area (Å²) in [7, 11) is 0. The number of amides is 2. The van der Waals surface area contributed by atoms with Gasteiger partial charge >= 0.3 is 6.03 Å². The van der Waals surface area contributed by atoms with Crippen LogP contribution in [0.1, 0.15) is 0 Å². The van der Waals surface area contributed by atoms with Crippen LogP contribution < -0.4 is 16.1 Å². The quantitative estimate of drug-likeness (QED) is 0.222. The average Bonchev–Trinajstić information content (AvgIpc) is 2.08. The van der Waals surface area contributed by atoms with Gasteiger partial charge in [-0.05, 0) is 0 Å². The van der Waals surface area contributed by atoms with E-state index in [1.54, 1.807) is 0 Å². The van der Waals surface area contributed by atoms with Gasteiger partial charge in [0.2, 0.25) is 0 Å². The molecule has 0 aliphatic rings. The number of nitrogens with zero attached hydrogens (tertiary/aromatic N) is 1. The summed E-state index contributed by atoms with van der Waals surface area (Å²) in [4.78, 5) is 20.5. The van der Waals surface area contributed by atoms with Crippen LogP contribution in [0, 0.1) is 10.1 Å². The summed E-state index contributed by atoms with van der Waals surface area (Å²) in [6.45, 7) is 0.229. The van der Waals surface area contributed by atoms with E-state index in [1.807, 2.05) is 5.43 Å². The fourth-order valence-corrected chi connectivity index (χ4v) is 0.555. The fourth-order valence-electron chi connectivity index (χ4n) is 0.555. The van der Waals surface area contributed by atoms with Gasteiger partial charge in [0, 0.05) is 13.1 Å². The molecule has 0 heterocycles. The number of hydrogen-bond acceptors (Lipinski definition) is 4. The van der Waals surface area contributed by atoms with Crippen LogP contribution >= 0.6 is 0 Å². The summed E-state index contributed by atoms with van der Waals surface area (Å²) in [6, 6.07) is -0.459. The number of nitro groups is 1. The molecular weight excluding hydrogens is 180 g/mol. The predicted octanol–water partition coefficient (Wildman–Crippen LogP) is -1.94. The lowest BCUT2D eigenvalue weighted by molar-refractivity contribution is -0.543. The number of carbonyl (C=O) groups is 1. The van der Waals surface area contributed by atoms with Gasteiger partial charge < -0.3 is 15.7 Å². The van der Waals surface area contributed by atoms with Gasteiger partial charge in [-0.2, -0.15) is 0 Å². The molecule has 0 rings (SSSR count). The third-order valence-corrected chi connectivity index (χ3v) is 1.05. The van der Waals surface area contributed by atoms with E-state index in [0.717, 1.165) is 0 Å². The van der Waals surface area contributed by atoms with E-state index >= 15 is 0 Å². The van der Waals surface area contributed by atoms with Crippen molar-refractivity contribution in [1.29, 1.82) is 0 Å². The molecule has 13 heavy (non-hydrogen) atoms. The fraction of sp³-hybridized carbons (Fsp3) is 0.800. The second-order valence-electron chi connectivity index (χ2n) is 2.07. The molecule has 0 atom stereocenters. The second-order valence-corrected chi connectivity index (χ2v) is 2.07. The molecule has 2 amide bonds. The Balaban J connectivity index is 3.22. The third kappa shape index (κ3) is 8.34. The Labute approximate surface area is 74.4 Å². The number of aliphatic hydroxyl groups excluding tert-OH is 1. The molecule has 0 aromatic heterocycles. The second kappa shape index (κ2) is 7.10. The highest BCUT2D eigenvalue weighted by Crippen LogP contribution is 1.64. The van der Waals surface area contributed by atoms with Crippen LogP contribution in [0.3, 0.4) is 0 Å². The lowest BCUT2D eigenvalue weighted by atomic mass is 10.6. The van der Waals surface area contributed by atoms with Crippen molar-refractivity contribution in [2.75, 3.05) is 26.2 Å². The molecule has 76 valence electrons. The van der Waals surface area contributed by atoms with Crippen LogP contribution in [0.25, 0.3) is 0 Å². The van der Waals surface area contributed by atoms with E-state index in [4.69, 9.17) is 5.11 Å². The van der Waals surface area contributed by atoms with E-state index < -0.39 is 11.1 Å². The zero-order valence-electron chi connectivity index (χ0n) is 6.95. The number of hydrogen-bond donors (Lipinski definition) is 4. The lowest BCUT2D eigenvalue weighted by Gasteiger charge is -2.04. The van der Waals surface area contributed by atoms with Crippen molar-refractivity contribution in [1.82, 2.24) is 16.1 Å². The summed E-state index contributed by atoms with van der Waals surface area (Å²) in [6.07, 6.45) is 0. The minimum atomic E-state index is -0.687. The maximum Gasteiger partial charge on any atom is 0.314 e. The minimum Gasteiger partial charge on any atom is -0.395 e. The zero-order chi connectivity index (χ0) is 10.1. The van der Waals surface area contributed by atoms with Crippen molar-refractivity contribution in [3.8, 4) is 0 Å². The molecular formula is C5H12N4O4. The van der Waals surface area contributed by atoms with Crippen molar-refractivity contribution in [2.24, 2.45) is 0 Å². The smallest absolute Gasteiger partial charge is 0.314 e. The average molecular weight is 192 g/mol. The molecule has 8 heteroatoms. The SMILES string of the molecule is O=C(NCCO)NCCN[N+](=O)[O-]. The van der Waals surface area contributed by atoms with Crippen molar-refractivity contribution in [3.63, 3.8) is 0 Å². The van der Waals surface area contributed by atoms with Crippen molar-refractivity contribution < 1.29 is 14.9 Å². The van der Waals surface area contributed by atoms with Gasteiger partial charge in [0.05, 0.1) is 13.2 Å². The van der Waals surface area contributed by atoms with Gasteiger partial charge in [0.1, 0.15) is 0 Å². The number of urea groups is 1. The van der Waals surface area contributed by atoms with Crippen molar-refractivity contribution >= 4 is 6.03 Å². The standard InChI is InChI=1S/C5H12N4O4/c10-4-3-7-5(11)6-1-2-8-9(12)13/h8,10H,1-4H2,(H2,6,7,11). The van der Waals surface area contributed by atoms with Crippen molar-refractivity contribution in [3.05, 3.63) is 10.1 Å².